The van der Waals surface area contributed by atoms with Gasteiger partial charge in [-0.3, -0.25) is 4.90 Å². The molecule has 1 atom stereocenters. The van der Waals surface area contributed by atoms with Gasteiger partial charge in [0.25, 0.3) is 0 Å². The van der Waals surface area contributed by atoms with Gasteiger partial charge in [0.05, 0.1) is 4.47 Å². The van der Waals surface area contributed by atoms with Gasteiger partial charge < -0.3 is 5.32 Å². The molecule has 1 aromatic carbocycles. The van der Waals surface area contributed by atoms with E-state index in [0.29, 0.717) is 31.7 Å². The maximum absolute atomic E-state index is 14.3. The van der Waals surface area contributed by atoms with E-state index in [1.54, 1.807) is 18.2 Å². The number of rotatable bonds is 4. The standard InChI is InChI=1S/C14H17BrF4N2.2ClH/c15-11-3-1-2-10(13(11)16)12(4-5-14(17,18)19)21-8-6-20-7-9-21;;/h1-3,12,20H,4-9H2;2*1H/t12-;;/m0../s1. The Labute approximate surface area is 153 Å². The molecule has 0 aromatic heterocycles. The van der Waals surface area contributed by atoms with E-state index in [2.05, 4.69) is 21.2 Å². The molecule has 0 spiro atoms. The zero-order chi connectivity index (χ0) is 15.5. The van der Waals surface area contributed by atoms with Gasteiger partial charge in [0.2, 0.25) is 0 Å². The molecule has 23 heavy (non-hydrogen) atoms. The lowest BCUT2D eigenvalue weighted by Crippen LogP contribution is -2.45. The monoisotopic (exact) mass is 440 g/mol. The van der Waals surface area contributed by atoms with Gasteiger partial charge in [-0.1, -0.05) is 12.1 Å². The molecule has 9 heteroatoms. The Hall–Kier alpha value is -0.0800. The summed E-state index contributed by atoms with van der Waals surface area (Å²) in [4.78, 5) is 1.92. The van der Waals surface area contributed by atoms with Crippen LogP contribution < -0.4 is 5.32 Å². The molecular weight excluding hydrogens is 423 g/mol. The molecule has 0 unspecified atom stereocenters. The van der Waals surface area contributed by atoms with Gasteiger partial charge in [-0.25, -0.2) is 4.39 Å². The molecule has 1 fully saturated rings. The summed E-state index contributed by atoms with van der Waals surface area (Å²) in [5, 5.41) is 3.15. The molecule has 1 aliphatic rings. The fraction of sp³-hybridized carbons (Fsp3) is 0.571. The summed E-state index contributed by atoms with van der Waals surface area (Å²) in [5.41, 5.74) is 0.329. The van der Waals surface area contributed by atoms with Crippen molar-refractivity contribution in [3.63, 3.8) is 0 Å². The molecule has 1 aliphatic heterocycles. The molecule has 0 aliphatic carbocycles. The number of halogens is 7. The molecule has 0 amide bonds. The van der Waals surface area contributed by atoms with E-state index in [1.807, 2.05) is 4.90 Å². The average molecular weight is 442 g/mol. The summed E-state index contributed by atoms with van der Waals surface area (Å²) in [6.45, 7) is 2.65. The van der Waals surface area contributed by atoms with E-state index in [-0.39, 0.29) is 35.7 Å². The van der Waals surface area contributed by atoms with Crippen molar-refractivity contribution < 1.29 is 17.6 Å². The van der Waals surface area contributed by atoms with Gasteiger partial charge in [0, 0.05) is 44.2 Å². The number of nitrogens with one attached hydrogen (secondary N) is 1. The van der Waals surface area contributed by atoms with Gasteiger partial charge >= 0.3 is 6.18 Å². The summed E-state index contributed by atoms with van der Waals surface area (Å²) < 4.78 is 52.2. The first-order valence-corrected chi connectivity index (χ1v) is 7.63. The Morgan fingerprint density at radius 2 is 1.78 bits per heavy atom. The highest BCUT2D eigenvalue weighted by atomic mass is 79.9. The van der Waals surface area contributed by atoms with Gasteiger partial charge in [-0.2, -0.15) is 13.2 Å². The number of alkyl halides is 3. The lowest BCUT2D eigenvalue weighted by atomic mass is 9.98. The quantitative estimate of drug-likeness (QED) is 0.680. The van der Waals surface area contributed by atoms with Crippen molar-refractivity contribution in [2.24, 2.45) is 0 Å². The molecule has 134 valence electrons. The summed E-state index contributed by atoms with van der Waals surface area (Å²) in [6, 6.07) is 4.23. The lowest BCUT2D eigenvalue weighted by molar-refractivity contribution is -0.138. The molecule has 1 aromatic rings. The van der Waals surface area contributed by atoms with Crippen LogP contribution in [0.2, 0.25) is 0 Å². The van der Waals surface area contributed by atoms with Crippen LogP contribution in [0.3, 0.4) is 0 Å². The number of benzene rings is 1. The Kier molecular flexibility index (Phi) is 10.00. The highest BCUT2D eigenvalue weighted by Gasteiger charge is 2.32. The van der Waals surface area contributed by atoms with Gasteiger partial charge in [-0.05, 0) is 28.4 Å². The number of hydrogen-bond acceptors (Lipinski definition) is 2. The minimum atomic E-state index is -4.23. The maximum Gasteiger partial charge on any atom is 0.389 e. The van der Waals surface area contributed by atoms with E-state index >= 15 is 0 Å². The minimum absolute atomic E-state index is 0. The average Bonchev–Trinajstić information content (AvgIpc) is 2.43. The number of nitrogens with zero attached hydrogens (tertiary/aromatic N) is 1. The van der Waals surface area contributed by atoms with Crippen LogP contribution in [0.5, 0.6) is 0 Å². The fourth-order valence-electron chi connectivity index (χ4n) is 2.61. The van der Waals surface area contributed by atoms with Crippen LogP contribution in [0.25, 0.3) is 0 Å². The van der Waals surface area contributed by atoms with Crippen molar-refractivity contribution in [2.45, 2.75) is 25.1 Å². The van der Waals surface area contributed by atoms with Crippen LogP contribution >= 0.6 is 40.7 Å². The molecule has 2 rings (SSSR count). The molecule has 1 N–H and O–H groups in total. The van der Waals surface area contributed by atoms with Crippen molar-refractivity contribution in [1.29, 1.82) is 0 Å². The van der Waals surface area contributed by atoms with Crippen molar-refractivity contribution in [1.82, 2.24) is 10.2 Å². The van der Waals surface area contributed by atoms with Crippen LogP contribution in [-0.2, 0) is 0 Å². The Balaban J connectivity index is 0.00000242. The second kappa shape index (κ2) is 10.0. The normalized spacial score (nSPS) is 17.1. The molecular formula is C14H19BrCl2F4N2. The summed E-state index contributed by atoms with van der Waals surface area (Å²) in [5.74, 6) is -0.469. The first-order chi connectivity index (χ1) is 9.88. The van der Waals surface area contributed by atoms with E-state index in [0.717, 1.165) is 0 Å². The summed E-state index contributed by atoms with van der Waals surface area (Å²) in [7, 11) is 0. The minimum Gasteiger partial charge on any atom is -0.314 e. The highest BCUT2D eigenvalue weighted by molar-refractivity contribution is 9.10. The topological polar surface area (TPSA) is 15.3 Å². The van der Waals surface area contributed by atoms with Crippen molar-refractivity contribution in [2.75, 3.05) is 26.2 Å². The first-order valence-electron chi connectivity index (χ1n) is 6.84. The zero-order valence-corrected chi connectivity index (χ0v) is 15.4. The fourth-order valence-corrected chi connectivity index (χ4v) is 2.99. The van der Waals surface area contributed by atoms with Gasteiger partial charge in [0.1, 0.15) is 5.82 Å². The molecule has 1 saturated heterocycles. The molecule has 1 heterocycles. The largest absolute Gasteiger partial charge is 0.389 e. The van der Waals surface area contributed by atoms with E-state index < -0.39 is 24.5 Å². The van der Waals surface area contributed by atoms with Crippen LogP contribution in [-0.4, -0.2) is 37.3 Å². The first kappa shape index (κ1) is 22.9. The Bertz CT molecular complexity index is 482. The van der Waals surface area contributed by atoms with E-state index in [4.69, 9.17) is 0 Å². The van der Waals surface area contributed by atoms with Crippen LogP contribution in [0.1, 0.15) is 24.4 Å². The maximum atomic E-state index is 14.3. The van der Waals surface area contributed by atoms with Crippen molar-refractivity contribution in [3.8, 4) is 0 Å². The van der Waals surface area contributed by atoms with Gasteiger partial charge in [0.15, 0.2) is 0 Å². The lowest BCUT2D eigenvalue weighted by Gasteiger charge is -2.35. The smallest absolute Gasteiger partial charge is 0.314 e. The van der Waals surface area contributed by atoms with Crippen LogP contribution in [0.4, 0.5) is 17.6 Å². The van der Waals surface area contributed by atoms with Crippen LogP contribution in [0, 0.1) is 5.82 Å². The Morgan fingerprint density at radius 1 is 1.17 bits per heavy atom. The van der Waals surface area contributed by atoms with Crippen molar-refractivity contribution >= 4 is 40.7 Å². The third-order valence-electron chi connectivity index (χ3n) is 3.63. The van der Waals surface area contributed by atoms with Gasteiger partial charge in [-0.15, -0.1) is 24.8 Å². The molecule has 0 saturated carbocycles. The highest BCUT2D eigenvalue weighted by Crippen LogP contribution is 2.34. The van der Waals surface area contributed by atoms with E-state index in [9.17, 15) is 17.6 Å². The summed E-state index contributed by atoms with van der Waals surface area (Å²) in [6.07, 6.45) is -5.26. The van der Waals surface area contributed by atoms with Crippen LogP contribution in [0.15, 0.2) is 22.7 Å². The third kappa shape index (κ3) is 6.74. The van der Waals surface area contributed by atoms with E-state index in [1.165, 1.54) is 0 Å². The third-order valence-corrected chi connectivity index (χ3v) is 4.25. The predicted octanol–water partition coefficient (Wildman–Crippen LogP) is 4.72. The second-order valence-corrected chi connectivity index (χ2v) is 5.95. The molecule has 0 radical (unpaired) electrons. The molecule has 0 bridgehead atoms. The number of piperazine rings is 1. The molecule has 2 nitrogen and oxygen atoms in total. The second-order valence-electron chi connectivity index (χ2n) is 5.10. The number of hydrogen-bond donors (Lipinski definition) is 1. The Morgan fingerprint density at radius 3 is 2.35 bits per heavy atom. The summed E-state index contributed by atoms with van der Waals surface area (Å²) >= 11 is 3.10. The van der Waals surface area contributed by atoms with Crippen molar-refractivity contribution in [3.05, 3.63) is 34.1 Å². The SMILES string of the molecule is Cl.Cl.Fc1c(Br)cccc1[C@H](CCC(F)(F)F)N1CCNCC1. The predicted molar refractivity (Wildman–Crippen MR) is 91.1 cm³/mol. The zero-order valence-electron chi connectivity index (χ0n) is 12.2.